The SMILES string of the molecule is CC1CCCC(Oc2ccc(CN)cc2[N+](=O)[O-])C1. The topological polar surface area (TPSA) is 78.4 Å². The molecule has 0 aliphatic heterocycles. The van der Waals surface area contributed by atoms with Crippen LogP contribution in [0.5, 0.6) is 5.75 Å². The van der Waals surface area contributed by atoms with Crippen LogP contribution < -0.4 is 10.5 Å². The molecule has 1 aliphatic rings. The maximum atomic E-state index is 11.1. The quantitative estimate of drug-likeness (QED) is 0.669. The number of benzene rings is 1. The van der Waals surface area contributed by atoms with E-state index in [-0.39, 0.29) is 11.8 Å². The molecule has 5 nitrogen and oxygen atoms in total. The zero-order valence-corrected chi connectivity index (χ0v) is 11.2. The summed E-state index contributed by atoms with van der Waals surface area (Å²) in [7, 11) is 0. The van der Waals surface area contributed by atoms with Gasteiger partial charge in [-0.25, -0.2) is 0 Å². The summed E-state index contributed by atoms with van der Waals surface area (Å²) < 4.78 is 5.84. The Morgan fingerprint density at radius 1 is 1.47 bits per heavy atom. The summed E-state index contributed by atoms with van der Waals surface area (Å²) in [4.78, 5) is 10.7. The summed E-state index contributed by atoms with van der Waals surface area (Å²) in [5.74, 6) is 0.988. The van der Waals surface area contributed by atoms with Gasteiger partial charge in [-0.15, -0.1) is 0 Å². The molecule has 2 unspecified atom stereocenters. The normalized spacial score (nSPS) is 23.1. The van der Waals surface area contributed by atoms with Crippen molar-refractivity contribution < 1.29 is 9.66 Å². The summed E-state index contributed by atoms with van der Waals surface area (Å²) in [6, 6.07) is 4.95. The number of hydrogen-bond acceptors (Lipinski definition) is 4. The number of nitro benzene ring substituents is 1. The maximum Gasteiger partial charge on any atom is 0.311 e. The van der Waals surface area contributed by atoms with E-state index in [2.05, 4.69) is 6.92 Å². The predicted molar refractivity (Wildman–Crippen MR) is 73.0 cm³/mol. The van der Waals surface area contributed by atoms with E-state index >= 15 is 0 Å². The zero-order chi connectivity index (χ0) is 13.8. The van der Waals surface area contributed by atoms with Gasteiger partial charge in [0.2, 0.25) is 0 Å². The van der Waals surface area contributed by atoms with Crippen molar-refractivity contribution in [1.82, 2.24) is 0 Å². The lowest BCUT2D eigenvalue weighted by Crippen LogP contribution is -2.24. The molecule has 104 valence electrons. The molecule has 5 heteroatoms. The molecule has 0 bridgehead atoms. The van der Waals surface area contributed by atoms with Crippen molar-refractivity contribution in [2.45, 2.75) is 45.3 Å². The first-order valence-electron chi connectivity index (χ1n) is 6.74. The van der Waals surface area contributed by atoms with Crippen LogP contribution in [-0.4, -0.2) is 11.0 Å². The van der Waals surface area contributed by atoms with Crippen molar-refractivity contribution in [1.29, 1.82) is 0 Å². The Morgan fingerprint density at radius 3 is 2.89 bits per heavy atom. The monoisotopic (exact) mass is 264 g/mol. The number of nitrogens with zero attached hydrogens (tertiary/aromatic N) is 1. The van der Waals surface area contributed by atoms with Crippen LogP contribution in [0.4, 0.5) is 5.69 Å². The van der Waals surface area contributed by atoms with Crippen molar-refractivity contribution >= 4 is 5.69 Å². The summed E-state index contributed by atoms with van der Waals surface area (Å²) in [6.07, 6.45) is 4.37. The van der Waals surface area contributed by atoms with Gasteiger partial charge in [0.05, 0.1) is 11.0 Å². The highest BCUT2D eigenvalue weighted by Crippen LogP contribution is 2.33. The molecule has 1 aliphatic carbocycles. The van der Waals surface area contributed by atoms with E-state index < -0.39 is 4.92 Å². The van der Waals surface area contributed by atoms with Gasteiger partial charge in [0.25, 0.3) is 0 Å². The Hall–Kier alpha value is -1.62. The second kappa shape index (κ2) is 6.02. The molecule has 2 atom stereocenters. The second-order valence-electron chi connectivity index (χ2n) is 5.27. The molecule has 0 aromatic heterocycles. The lowest BCUT2D eigenvalue weighted by molar-refractivity contribution is -0.386. The number of nitrogens with two attached hydrogens (primary N) is 1. The van der Waals surface area contributed by atoms with Gasteiger partial charge in [0.1, 0.15) is 0 Å². The second-order valence-corrected chi connectivity index (χ2v) is 5.27. The van der Waals surface area contributed by atoms with E-state index in [4.69, 9.17) is 10.5 Å². The third kappa shape index (κ3) is 3.44. The molecule has 19 heavy (non-hydrogen) atoms. The minimum atomic E-state index is -0.402. The van der Waals surface area contributed by atoms with Crippen LogP contribution >= 0.6 is 0 Å². The lowest BCUT2D eigenvalue weighted by atomic mass is 9.89. The Morgan fingerprint density at radius 2 is 2.26 bits per heavy atom. The van der Waals surface area contributed by atoms with Gasteiger partial charge < -0.3 is 10.5 Å². The fourth-order valence-corrected chi connectivity index (χ4v) is 2.60. The van der Waals surface area contributed by atoms with Crippen molar-refractivity contribution in [2.75, 3.05) is 0 Å². The molecule has 1 fully saturated rings. The van der Waals surface area contributed by atoms with Gasteiger partial charge in [-0.3, -0.25) is 10.1 Å². The fourth-order valence-electron chi connectivity index (χ4n) is 2.60. The van der Waals surface area contributed by atoms with Gasteiger partial charge in [0.15, 0.2) is 5.75 Å². The Balaban J connectivity index is 2.16. The van der Waals surface area contributed by atoms with Gasteiger partial charge in [0, 0.05) is 12.6 Å². The van der Waals surface area contributed by atoms with Crippen LogP contribution in [-0.2, 0) is 6.54 Å². The van der Waals surface area contributed by atoms with Crippen LogP contribution in [0.1, 0.15) is 38.2 Å². The van der Waals surface area contributed by atoms with Crippen molar-refractivity contribution in [3.8, 4) is 5.75 Å². The van der Waals surface area contributed by atoms with E-state index in [0.717, 1.165) is 24.8 Å². The highest BCUT2D eigenvalue weighted by atomic mass is 16.6. The zero-order valence-electron chi connectivity index (χ0n) is 11.2. The minimum Gasteiger partial charge on any atom is -0.483 e. The first-order chi connectivity index (χ1) is 9.10. The van der Waals surface area contributed by atoms with Crippen LogP contribution in [0.2, 0.25) is 0 Å². The van der Waals surface area contributed by atoms with Gasteiger partial charge in [-0.2, -0.15) is 0 Å². The molecular formula is C14H20N2O3. The number of rotatable bonds is 4. The average molecular weight is 264 g/mol. The van der Waals surface area contributed by atoms with Crippen LogP contribution in [0.25, 0.3) is 0 Å². The molecular weight excluding hydrogens is 244 g/mol. The molecule has 1 saturated carbocycles. The van der Waals surface area contributed by atoms with Crippen molar-refractivity contribution in [2.24, 2.45) is 11.7 Å². The summed E-state index contributed by atoms with van der Waals surface area (Å²) in [5.41, 5.74) is 6.27. The first kappa shape index (κ1) is 13.8. The minimum absolute atomic E-state index is 0.0150. The van der Waals surface area contributed by atoms with E-state index in [0.29, 0.717) is 18.2 Å². The van der Waals surface area contributed by atoms with Crippen LogP contribution in [0, 0.1) is 16.0 Å². The Kier molecular flexibility index (Phi) is 4.37. The maximum absolute atomic E-state index is 11.1. The van der Waals surface area contributed by atoms with Crippen molar-refractivity contribution in [3.63, 3.8) is 0 Å². The molecule has 0 heterocycles. The Labute approximate surface area is 112 Å². The predicted octanol–water partition coefficient (Wildman–Crippen LogP) is 3.01. The number of nitro groups is 1. The van der Waals surface area contributed by atoms with Gasteiger partial charge in [-0.1, -0.05) is 19.4 Å². The van der Waals surface area contributed by atoms with Gasteiger partial charge in [-0.05, 0) is 36.8 Å². The number of ether oxygens (including phenoxy) is 1. The third-order valence-electron chi connectivity index (χ3n) is 3.64. The largest absolute Gasteiger partial charge is 0.483 e. The van der Waals surface area contributed by atoms with E-state index in [9.17, 15) is 10.1 Å². The molecule has 0 amide bonds. The highest BCUT2D eigenvalue weighted by Gasteiger charge is 2.24. The number of hydrogen-bond donors (Lipinski definition) is 1. The average Bonchev–Trinajstić information content (AvgIpc) is 2.39. The molecule has 2 rings (SSSR count). The smallest absolute Gasteiger partial charge is 0.311 e. The standard InChI is InChI=1S/C14H20N2O3/c1-10-3-2-4-12(7-10)19-14-6-5-11(9-15)8-13(14)16(17)18/h5-6,8,10,12H,2-4,7,9,15H2,1H3. The molecule has 1 aromatic carbocycles. The first-order valence-corrected chi connectivity index (χ1v) is 6.74. The van der Waals surface area contributed by atoms with E-state index in [1.54, 1.807) is 12.1 Å². The van der Waals surface area contributed by atoms with Crippen LogP contribution in [0.3, 0.4) is 0 Å². The lowest BCUT2D eigenvalue weighted by Gasteiger charge is -2.27. The van der Waals surface area contributed by atoms with E-state index in [1.165, 1.54) is 12.5 Å². The fraction of sp³-hybridized carbons (Fsp3) is 0.571. The molecule has 1 aromatic rings. The molecule has 0 saturated heterocycles. The van der Waals surface area contributed by atoms with Crippen molar-refractivity contribution in [3.05, 3.63) is 33.9 Å². The molecule has 0 radical (unpaired) electrons. The Bertz CT molecular complexity index is 462. The summed E-state index contributed by atoms with van der Waals surface area (Å²) in [5, 5.41) is 11.1. The van der Waals surface area contributed by atoms with Gasteiger partial charge >= 0.3 is 5.69 Å². The van der Waals surface area contributed by atoms with Crippen LogP contribution in [0.15, 0.2) is 18.2 Å². The summed E-state index contributed by atoms with van der Waals surface area (Å²) >= 11 is 0. The third-order valence-corrected chi connectivity index (χ3v) is 3.64. The molecule has 2 N–H and O–H groups in total. The molecule has 0 spiro atoms. The summed E-state index contributed by atoms with van der Waals surface area (Å²) in [6.45, 7) is 2.49. The highest BCUT2D eigenvalue weighted by molar-refractivity contribution is 5.48. The van der Waals surface area contributed by atoms with E-state index in [1.807, 2.05) is 0 Å².